The number of hydrogen-bond donors (Lipinski definition) is 2. The van der Waals surface area contributed by atoms with Crippen LogP contribution in [0.4, 0.5) is 5.82 Å². The summed E-state index contributed by atoms with van der Waals surface area (Å²) >= 11 is 12.1. The van der Waals surface area contributed by atoms with Gasteiger partial charge >= 0.3 is 0 Å². The number of hydrogen-bond acceptors (Lipinski definition) is 6. The second-order valence-electron chi connectivity index (χ2n) is 7.69. The number of rotatable bonds is 6. The molecule has 0 radical (unpaired) electrons. The molecule has 1 saturated carbocycles. The number of sulfone groups is 1. The number of nitrogens with zero attached hydrogens (tertiary/aromatic N) is 2. The first kappa shape index (κ1) is 23.5. The van der Waals surface area contributed by atoms with Crippen molar-refractivity contribution in [3.8, 4) is 0 Å². The van der Waals surface area contributed by atoms with Gasteiger partial charge in [0, 0.05) is 18.9 Å². The minimum atomic E-state index is -3.45. The van der Waals surface area contributed by atoms with Crippen LogP contribution in [-0.2, 0) is 14.6 Å². The topological polar surface area (TPSA) is 109 Å². The number of oxime groups is 1. The SMILES string of the molecule is CS(=O)(=O)c1ccc([C@H](CC(=O)Nc2ccc(Cl)cn2)C2CCC(=NO)CC2)cc1Cl. The molecular formula is C21H23Cl2N3O4S. The Morgan fingerprint density at radius 3 is 2.52 bits per heavy atom. The standard InChI is InChI=1S/C21H23Cl2N3O4S/c1-31(29,30)19-8-4-14(10-18(19)23)17(13-2-6-16(26-28)7-3-13)11-21(27)25-20-9-5-15(22)12-24-20/h4-5,8-10,12-13,17,28H,2-3,6-7,11H2,1H3,(H,24,25,27)/t13?,17-/m1/s1. The van der Waals surface area contributed by atoms with Crippen LogP contribution in [0.25, 0.3) is 0 Å². The smallest absolute Gasteiger partial charge is 0.226 e. The molecule has 0 unspecified atom stereocenters. The summed E-state index contributed by atoms with van der Waals surface area (Å²) in [5.74, 6) is 0.148. The number of carbonyl (C=O) groups excluding carboxylic acids is 1. The van der Waals surface area contributed by atoms with Crippen LogP contribution in [-0.4, -0.2) is 36.5 Å². The Balaban J connectivity index is 1.85. The van der Waals surface area contributed by atoms with Gasteiger partial charge in [-0.05, 0) is 67.3 Å². The number of anilines is 1. The molecular weight excluding hydrogens is 461 g/mol. The zero-order valence-electron chi connectivity index (χ0n) is 16.9. The van der Waals surface area contributed by atoms with E-state index in [1.165, 1.54) is 12.3 Å². The monoisotopic (exact) mass is 483 g/mol. The summed E-state index contributed by atoms with van der Waals surface area (Å²) < 4.78 is 23.8. The molecule has 3 rings (SSSR count). The van der Waals surface area contributed by atoms with Crippen molar-refractivity contribution < 1.29 is 18.4 Å². The second-order valence-corrected chi connectivity index (χ2v) is 10.5. The second kappa shape index (κ2) is 9.97. The highest BCUT2D eigenvalue weighted by Gasteiger charge is 2.30. The highest BCUT2D eigenvalue weighted by atomic mass is 35.5. The molecule has 1 heterocycles. The fourth-order valence-corrected chi connectivity index (χ4v) is 5.37. The average Bonchev–Trinajstić information content (AvgIpc) is 2.73. The Labute approximate surface area is 191 Å². The maximum Gasteiger partial charge on any atom is 0.226 e. The van der Waals surface area contributed by atoms with Gasteiger partial charge < -0.3 is 10.5 Å². The number of amides is 1. The molecule has 2 aromatic rings. The number of carbonyl (C=O) groups is 1. The van der Waals surface area contributed by atoms with Crippen LogP contribution in [0.1, 0.15) is 43.6 Å². The van der Waals surface area contributed by atoms with E-state index in [2.05, 4.69) is 15.5 Å². The van der Waals surface area contributed by atoms with E-state index < -0.39 is 9.84 Å². The van der Waals surface area contributed by atoms with Crippen molar-refractivity contribution in [2.45, 2.75) is 42.9 Å². The van der Waals surface area contributed by atoms with E-state index in [0.717, 1.165) is 30.4 Å². The molecule has 2 N–H and O–H groups in total. The summed E-state index contributed by atoms with van der Waals surface area (Å²) in [6, 6.07) is 8.10. The van der Waals surface area contributed by atoms with Crippen molar-refractivity contribution in [2.75, 3.05) is 11.6 Å². The quantitative estimate of drug-likeness (QED) is 0.447. The summed E-state index contributed by atoms with van der Waals surface area (Å²) in [6.45, 7) is 0. The number of halogens is 2. The van der Waals surface area contributed by atoms with E-state index in [9.17, 15) is 13.2 Å². The largest absolute Gasteiger partial charge is 0.411 e. The van der Waals surface area contributed by atoms with Crippen molar-refractivity contribution in [3.05, 3.63) is 52.1 Å². The molecule has 31 heavy (non-hydrogen) atoms. The first-order valence-corrected chi connectivity index (χ1v) is 12.4. The minimum absolute atomic E-state index is 0.0600. The van der Waals surface area contributed by atoms with Gasteiger partial charge in [0.2, 0.25) is 5.91 Å². The predicted octanol–water partition coefficient (Wildman–Crippen LogP) is 4.92. The van der Waals surface area contributed by atoms with Gasteiger partial charge in [0.05, 0.1) is 20.7 Å². The highest BCUT2D eigenvalue weighted by Crippen LogP contribution is 2.39. The molecule has 1 aromatic carbocycles. The fraction of sp³-hybridized carbons (Fsp3) is 0.381. The van der Waals surface area contributed by atoms with Crippen LogP contribution >= 0.6 is 23.2 Å². The van der Waals surface area contributed by atoms with Crippen molar-refractivity contribution in [1.82, 2.24) is 4.98 Å². The lowest BCUT2D eigenvalue weighted by atomic mass is 9.74. The Bertz CT molecular complexity index is 1080. The molecule has 0 saturated heterocycles. The van der Waals surface area contributed by atoms with E-state index in [0.29, 0.717) is 23.7 Å². The van der Waals surface area contributed by atoms with E-state index in [1.54, 1.807) is 24.3 Å². The molecule has 166 valence electrons. The average molecular weight is 484 g/mol. The third-order valence-corrected chi connectivity index (χ3v) is 7.30. The molecule has 1 aliphatic rings. The molecule has 1 aliphatic carbocycles. The summed E-state index contributed by atoms with van der Waals surface area (Å²) in [7, 11) is -3.45. The van der Waals surface area contributed by atoms with Crippen LogP contribution in [0, 0.1) is 5.92 Å². The van der Waals surface area contributed by atoms with Gasteiger partial charge in [0.25, 0.3) is 0 Å². The number of aromatic nitrogens is 1. The van der Waals surface area contributed by atoms with Gasteiger partial charge in [0.15, 0.2) is 9.84 Å². The summed E-state index contributed by atoms with van der Waals surface area (Å²) in [5, 5.41) is 15.7. The normalized spacial score (nSPS) is 17.8. The van der Waals surface area contributed by atoms with Gasteiger partial charge in [-0.15, -0.1) is 0 Å². The highest BCUT2D eigenvalue weighted by molar-refractivity contribution is 7.90. The lowest BCUT2D eigenvalue weighted by Gasteiger charge is -2.31. The fourth-order valence-electron chi connectivity index (χ4n) is 3.92. The molecule has 7 nitrogen and oxygen atoms in total. The number of nitrogens with one attached hydrogen (secondary N) is 1. The van der Waals surface area contributed by atoms with Gasteiger partial charge in [-0.1, -0.05) is 34.4 Å². The Morgan fingerprint density at radius 1 is 1.26 bits per heavy atom. The molecule has 10 heteroatoms. The van der Waals surface area contributed by atoms with Crippen LogP contribution in [0.3, 0.4) is 0 Å². The molecule has 0 bridgehead atoms. The van der Waals surface area contributed by atoms with Crippen molar-refractivity contribution in [2.24, 2.45) is 11.1 Å². The van der Waals surface area contributed by atoms with Gasteiger partial charge in [-0.3, -0.25) is 4.79 Å². The summed E-state index contributed by atoms with van der Waals surface area (Å²) in [5.41, 5.74) is 1.54. The maximum atomic E-state index is 12.8. The maximum absolute atomic E-state index is 12.8. The Kier molecular flexibility index (Phi) is 7.56. The van der Waals surface area contributed by atoms with Crippen LogP contribution in [0.2, 0.25) is 10.0 Å². The van der Waals surface area contributed by atoms with E-state index in [-0.39, 0.29) is 34.1 Å². The first-order chi connectivity index (χ1) is 14.7. The van der Waals surface area contributed by atoms with Crippen molar-refractivity contribution in [3.63, 3.8) is 0 Å². The molecule has 0 aliphatic heterocycles. The molecule has 1 atom stereocenters. The third-order valence-electron chi connectivity index (χ3n) is 5.50. The molecule has 1 fully saturated rings. The van der Waals surface area contributed by atoms with E-state index in [4.69, 9.17) is 28.4 Å². The van der Waals surface area contributed by atoms with Crippen LogP contribution in [0.5, 0.6) is 0 Å². The predicted molar refractivity (Wildman–Crippen MR) is 121 cm³/mol. The van der Waals surface area contributed by atoms with E-state index in [1.807, 2.05) is 0 Å². The van der Waals surface area contributed by atoms with Gasteiger partial charge in [-0.25, -0.2) is 13.4 Å². The molecule has 1 amide bonds. The third kappa shape index (κ3) is 6.18. The Hall–Kier alpha value is -2.16. The number of benzene rings is 1. The zero-order chi connectivity index (χ0) is 22.6. The summed E-state index contributed by atoms with van der Waals surface area (Å²) in [4.78, 5) is 16.9. The lowest BCUT2D eigenvalue weighted by molar-refractivity contribution is -0.116. The van der Waals surface area contributed by atoms with Gasteiger partial charge in [0.1, 0.15) is 5.82 Å². The van der Waals surface area contributed by atoms with Crippen LogP contribution in [0.15, 0.2) is 46.6 Å². The molecule has 0 spiro atoms. The van der Waals surface area contributed by atoms with Crippen LogP contribution < -0.4 is 5.32 Å². The van der Waals surface area contributed by atoms with Gasteiger partial charge in [-0.2, -0.15) is 0 Å². The Morgan fingerprint density at radius 2 is 1.97 bits per heavy atom. The molecule has 1 aromatic heterocycles. The number of pyridine rings is 1. The van der Waals surface area contributed by atoms with Crippen molar-refractivity contribution >= 4 is 50.5 Å². The lowest BCUT2D eigenvalue weighted by Crippen LogP contribution is -2.25. The van der Waals surface area contributed by atoms with Crippen molar-refractivity contribution in [1.29, 1.82) is 0 Å². The zero-order valence-corrected chi connectivity index (χ0v) is 19.2. The minimum Gasteiger partial charge on any atom is -0.411 e. The van der Waals surface area contributed by atoms with E-state index >= 15 is 0 Å². The first-order valence-electron chi connectivity index (χ1n) is 9.78. The summed E-state index contributed by atoms with van der Waals surface area (Å²) in [6.07, 6.45) is 5.53.